The third-order valence-corrected chi connectivity index (χ3v) is 10.3. The number of carbonyl (C=O) groups is 2. The average molecular weight is 661 g/mol. The number of quaternary nitrogens is 1. The van der Waals surface area contributed by atoms with Crippen molar-refractivity contribution in [1.29, 1.82) is 0 Å². The molecule has 0 unspecified atom stereocenters. The number of ether oxygens (including phenoxy) is 1. The summed E-state index contributed by atoms with van der Waals surface area (Å²) >= 11 is 12.2. The van der Waals surface area contributed by atoms with Crippen molar-refractivity contribution in [1.82, 2.24) is 10.6 Å². The molecule has 44 heavy (non-hydrogen) atoms. The Kier molecular flexibility index (Phi) is 10.5. The van der Waals surface area contributed by atoms with Crippen LogP contribution in [-0.4, -0.2) is 63.5 Å². The number of hydrogen-bond donors (Lipinski definition) is 3. The molecule has 0 atom stereocenters. The summed E-state index contributed by atoms with van der Waals surface area (Å²) in [6.07, 6.45) is 5.54. The Balaban J connectivity index is 1.19. The molecular weight excluding hydrogens is 623 g/mol. The van der Waals surface area contributed by atoms with E-state index in [2.05, 4.69) is 15.4 Å². The van der Waals surface area contributed by atoms with E-state index in [1.54, 1.807) is 36.4 Å². The van der Waals surface area contributed by atoms with E-state index in [0.717, 1.165) is 58.3 Å². The smallest absolute Gasteiger partial charge is 0.315 e. The van der Waals surface area contributed by atoms with E-state index >= 15 is 0 Å². The lowest BCUT2D eigenvalue weighted by atomic mass is 9.95. The molecule has 2 aliphatic heterocycles. The molecule has 3 aromatic rings. The van der Waals surface area contributed by atoms with Gasteiger partial charge in [-0.05, 0) is 73.9 Å². The maximum atomic E-state index is 13.5. The van der Waals surface area contributed by atoms with E-state index in [-0.39, 0.29) is 46.1 Å². The van der Waals surface area contributed by atoms with Gasteiger partial charge in [0.05, 0.1) is 41.2 Å². The highest BCUT2D eigenvalue weighted by atomic mass is 35.5. The molecule has 234 valence electrons. The molecular formula is C32H37Cl2N4O5S+. The Bertz CT molecular complexity index is 1590. The fourth-order valence-corrected chi connectivity index (χ4v) is 7.63. The number of carbonyl (C=O) groups excluding carboxylic acids is 2. The maximum Gasteiger partial charge on any atom is 0.315 e. The number of piperidine rings is 2. The number of amides is 2. The number of halogens is 2. The van der Waals surface area contributed by atoms with Gasteiger partial charge < -0.3 is 15.4 Å². The van der Waals surface area contributed by atoms with Crippen LogP contribution in [0, 0.1) is 0 Å². The van der Waals surface area contributed by atoms with E-state index in [0.29, 0.717) is 26.9 Å². The zero-order valence-corrected chi connectivity index (χ0v) is 26.7. The first-order chi connectivity index (χ1) is 21.2. The Labute approximate surface area is 268 Å². The van der Waals surface area contributed by atoms with Gasteiger partial charge >= 0.3 is 5.91 Å². The van der Waals surface area contributed by atoms with Crippen LogP contribution in [0.15, 0.2) is 71.6 Å². The molecule has 5 rings (SSSR count). The second-order valence-electron chi connectivity index (χ2n) is 11.2. The molecule has 12 heteroatoms. The molecule has 0 bridgehead atoms. The molecule has 0 aliphatic carbocycles. The van der Waals surface area contributed by atoms with Crippen LogP contribution in [0.4, 0.5) is 5.69 Å². The van der Waals surface area contributed by atoms with Crippen LogP contribution in [0.3, 0.4) is 0 Å². The molecule has 2 saturated heterocycles. The third kappa shape index (κ3) is 7.55. The van der Waals surface area contributed by atoms with Crippen LogP contribution in [0.5, 0.6) is 11.5 Å². The number of rotatable bonds is 10. The molecule has 3 N–H and O–H groups in total. The summed E-state index contributed by atoms with van der Waals surface area (Å²) in [5, 5.41) is 6.96. The number of nitrogens with one attached hydrogen (secondary N) is 3. The zero-order chi connectivity index (χ0) is 31.2. The molecule has 0 spiro atoms. The van der Waals surface area contributed by atoms with Crippen LogP contribution in [0.25, 0.3) is 0 Å². The lowest BCUT2D eigenvalue weighted by molar-refractivity contribution is -0.885. The molecule has 2 fully saturated rings. The van der Waals surface area contributed by atoms with E-state index in [9.17, 15) is 18.0 Å². The quantitative estimate of drug-likeness (QED) is 0.231. The van der Waals surface area contributed by atoms with Crippen LogP contribution in [0.2, 0.25) is 10.0 Å². The van der Waals surface area contributed by atoms with Crippen LogP contribution >= 0.6 is 23.2 Å². The molecule has 0 aromatic heterocycles. The predicted octanol–water partition coefficient (Wildman–Crippen LogP) is 5.99. The number of likely N-dealkylation sites (tertiary alicyclic amines) is 1. The van der Waals surface area contributed by atoms with Crippen molar-refractivity contribution in [2.45, 2.75) is 49.5 Å². The van der Waals surface area contributed by atoms with Gasteiger partial charge in [0.25, 0.3) is 15.9 Å². The summed E-state index contributed by atoms with van der Waals surface area (Å²) in [7, 11) is -4.01. The molecule has 9 nitrogen and oxygen atoms in total. The second kappa shape index (κ2) is 14.3. The zero-order valence-electron chi connectivity index (χ0n) is 24.4. The highest BCUT2D eigenvalue weighted by molar-refractivity contribution is 7.92. The summed E-state index contributed by atoms with van der Waals surface area (Å²) in [6.45, 7) is 3.88. The first kappa shape index (κ1) is 32.2. The summed E-state index contributed by atoms with van der Waals surface area (Å²) in [5.41, 5.74) is 0.515. The lowest BCUT2D eigenvalue weighted by Gasteiger charge is -2.46. The van der Waals surface area contributed by atoms with Gasteiger partial charge in [-0.3, -0.25) is 14.0 Å². The van der Waals surface area contributed by atoms with Gasteiger partial charge in [0, 0.05) is 43.1 Å². The number of nitrogens with zero attached hydrogens (tertiary/aromatic N) is 1. The Morgan fingerprint density at radius 3 is 2.32 bits per heavy atom. The second-order valence-corrected chi connectivity index (χ2v) is 13.8. The molecule has 2 amide bonds. The minimum absolute atomic E-state index is 0.0259. The number of para-hydroxylation sites is 2. The molecule has 0 radical (unpaired) electrons. The van der Waals surface area contributed by atoms with Crippen LogP contribution < -0.4 is 20.1 Å². The summed E-state index contributed by atoms with van der Waals surface area (Å²) < 4.78 is 35.4. The fraction of sp³-hybridized carbons (Fsp3) is 0.375. The Morgan fingerprint density at radius 2 is 1.61 bits per heavy atom. The predicted molar refractivity (Wildman–Crippen MR) is 172 cm³/mol. The maximum absolute atomic E-state index is 13.5. The van der Waals surface area contributed by atoms with Gasteiger partial charge in [0.1, 0.15) is 5.75 Å². The number of sulfonamides is 1. The van der Waals surface area contributed by atoms with Gasteiger partial charge in [0.2, 0.25) is 0 Å². The van der Waals surface area contributed by atoms with E-state index in [4.69, 9.17) is 27.9 Å². The van der Waals surface area contributed by atoms with Gasteiger partial charge in [-0.1, -0.05) is 35.3 Å². The molecule has 0 saturated carbocycles. The SMILES string of the molecule is O=C(NCCC(=O)[N+]1(C2CCNCC2)CCCCC1)c1ccc(S(=O)(=O)Nc2ccccc2Oc2ccc(Cl)cc2Cl)cc1. The van der Waals surface area contributed by atoms with Gasteiger partial charge in [-0.2, -0.15) is 0 Å². The van der Waals surface area contributed by atoms with Gasteiger partial charge in [0.15, 0.2) is 5.75 Å². The number of benzene rings is 3. The highest BCUT2D eigenvalue weighted by Gasteiger charge is 2.44. The first-order valence-electron chi connectivity index (χ1n) is 14.9. The van der Waals surface area contributed by atoms with Crippen LogP contribution in [-0.2, 0) is 14.8 Å². The Morgan fingerprint density at radius 1 is 0.909 bits per heavy atom. The Hall–Kier alpha value is -3.15. The van der Waals surface area contributed by atoms with Crippen molar-refractivity contribution in [2.75, 3.05) is 37.4 Å². The van der Waals surface area contributed by atoms with E-state index in [1.165, 1.54) is 30.3 Å². The standard InChI is InChI=1S/C32H36Cl2N4O5S/c33-24-10-13-29(27(34)22-24)43-30-7-3-2-6-28(30)37-44(41,42)26-11-8-23(9-12-26)32(40)36-19-16-31(39)38(20-4-1-5-21-38)25-14-17-35-18-15-25/h2-3,6-13,22,25,35,37H,1,4-5,14-21H2/p+1. The monoisotopic (exact) mass is 659 g/mol. The topological polar surface area (TPSA) is 114 Å². The van der Waals surface area contributed by atoms with Crippen molar-refractivity contribution in [2.24, 2.45) is 0 Å². The van der Waals surface area contributed by atoms with E-state index < -0.39 is 10.0 Å². The average Bonchev–Trinajstić information content (AvgIpc) is 3.04. The van der Waals surface area contributed by atoms with Gasteiger partial charge in [-0.15, -0.1) is 0 Å². The summed E-state index contributed by atoms with van der Waals surface area (Å²) in [5.74, 6) is 0.408. The minimum atomic E-state index is -4.01. The fourth-order valence-electron chi connectivity index (χ4n) is 6.11. The van der Waals surface area contributed by atoms with Crippen LogP contribution in [0.1, 0.15) is 48.9 Å². The minimum Gasteiger partial charge on any atom is -0.454 e. The van der Waals surface area contributed by atoms with Crippen molar-refractivity contribution in [3.8, 4) is 11.5 Å². The molecule has 3 aromatic carbocycles. The number of anilines is 1. The molecule has 2 aliphatic rings. The van der Waals surface area contributed by atoms with Crippen molar-refractivity contribution in [3.63, 3.8) is 0 Å². The van der Waals surface area contributed by atoms with Crippen molar-refractivity contribution >= 4 is 50.7 Å². The third-order valence-electron chi connectivity index (χ3n) is 8.42. The lowest BCUT2D eigenvalue weighted by Crippen LogP contribution is -2.64. The van der Waals surface area contributed by atoms with Crippen molar-refractivity contribution in [3.05, 3.63) is 82.3 Å². The van der Waals surface area contributed by atoms with E-state index in [1.807, 2.05) is 0 Å². The normalized spacial score (nSPS) is 17.0. The van der Waals surface area contributed by atoms with Gasteiger partial charge in [-0.25, -0.2) is 13.2 Å². The van der Waals surface area contributed by atoms with Crippen molar-refractivity contribution < 1.29 is 27.2 Å². The first-order valence-corrected chi connectivity index (χ1v) is 17.2. The largest absolute Gasteiger partial charge is 0.454 e. The number of hydrogen-bond acceptors (Lipinski definition) is 6. The molecule has 2 heterocycles. The summed E-state index contributed by atoms with van der Waals surface area (Å²) in [6, 6.07) is 17.3. The highest BCUT2D eigenvalue weighted by Crippen LogP contribution is 2.36. The summed E-state index contributed by atoms with van der Waals surface area (Å²) in [4.78, 5) is 26.3.